The molecule has 42 heavy (non-hydrogen) atoms. The molecule has 0 bridgehead atoms. The fraction of sp³-hybridized carbons (Fsp3) is 0.190. The van der Waals surface area contributed by atoms with Crippen molar-refractivity contribution in [3.05, 3.63) is 151 Å². The van der Waals surface area contributed by atoms with Crippen LogP contribution in [0, 0.1) is 19.3 Å². The molecule has 6 rings (SSSR count). The highest BCUT2D eigenvalue weighted by Crippen LogP contribution is 2.35. The van der Waals surface area contributed by atoms with E-state index in [1.165, 1.54) is 60.7 Å². The Labute approximate surface area is 256 Å². The maximum atomic E-state index is 4.66. The quantitative estimate of drug-likeness (QED) is 0.110. The molecule has 1 aliphatic carbocycles. The summed E-state index contributed by atoms with van der Waals surface area (Å²) in [6, 6.07) is 30.4. The number of hydrogen-bond acceptors (Lipinski definition) is 0. The first-order valence-corrected chi connectivity index (χ1v) is 13.9. The summed E-state index contributed by atoms with van der Waals surface area (Å²) in [5.74, 6) is 2.19. The molecule has 0 aliphatic heterocycles. The van der Waals surface area contributed by atoms with Crippen molar-refractivity contribution in [3.8, 4) is 12.3 Å². The molecule has 5 aromatic carbocycles. The molecule has 0 N–H and O–H groups in total. The Morgan fingerprint density at radius 2 is 1.21 bits per heavy atom. The van der Waals surface area contributed by atoms with Crippen molar-refractivity contribution in [1.29, 1.82) is 0 Å². The normalized spacial score (nSPS) is 10.9. The number of aryl methyl sites for hydroxylation is 1. The maximum Gasteiger partial charge on any atom is -0.00241 e. The van der Waals surface area contributed by atoms with E-state index in [9.17, 15) is 0 Å². The average Bonchev–Trinajstić information content (AvgIpc) is 3.23. The lowest BCUT2D eigenvalue weighted by Gasteiger charge is -2.11. The third-order valence-corrected chi connectivity index (χ3v) is 6.28. The second kappa shape index (κ2) is 20.3. The number of rotatable bonds is 1. The molecular weight excluding hydrogens is 504 g/mol. The highest BCUT2D eigenvalue weighted by atomic mass is 14.1. The second-order valence-corrected chi connectivity index (χ2v) is 9.06. The lowest BCUT2D eigenvalue weighted by molar-refractivity contribution is 1.35. The zero-order chi connectivity index (χ0) is 29.3. The van der Waals surface area contributed by atoms with E-state index in [-0.39, 0.29) is 14.9 Å². The van der Waals surface area contributed by atoms with Crippen molar-refractivity contribution < 1.29 is 0 Å². The predicted octanol–water partition coefficient (Wildman–Crippen LogP) is 13.2. The molecule has 0 spiro atoms. The van der Waals surface area contributed by atoms with Crippen molar-refractivity contribution in [1.82, 2.24) is 0 Å². The lowest BCUT2D eigenvalue weighted by atomic mass is 9.92. The number of hydrogen-bond donors (Lipinski definition) is 0. The van der Waals surface area contributed by atoms with Crippen LogP contribution in [-0.4, -0.2) is 0 Å². The summed E-state index contributed by atoms with van der Waals surface area (Å²) in [6.07, 6.45) is 17.7. The minimum absolute atomic E-state index is 0. The van der Waals surface area contributed by atoms with E-state index in [1.54, 1.807) is 6.08 Å². The molecule has 1 aliphatic rings. The van der Waals surface area contributed by atoms with E-state index in [2.05, 4.69) is 143 Å². The molecule has 0 amide bonds. The fourth-order valence-electron chi connectivity index (χ4n) is 4.45. The van der Waals surface area contributed by atoms with E-state index in [4.69, 9.17) is 0 Å². The third-order valence-electron chi connectivity index (χ3n) is 6.28. The zero-order valence-electron chi connectivity index (χ0n) is 24.7. The average molecular weight is 555 g/mol. The summed E-state index contributed by atoms with van der Waals surface area (Å²) in [5, 5.41) is 8.23. The molecule has 0 aromatic heterocycles. The Bertz CT molecular complexity index is 1620. The van der Waals surface area contributed by atoms with Gasteiger partial charge in [0.25, 0.3) is 0 Å². The fourth-order valence-corrected chi connectivity index (χ4v) is 4.45. The molecule has 0 heteroatoms. The topological polar surface area (TPSA) is 0 Å². The van der Waals surface area contributed by atoms with Gasteiger partial charge in [0.05, 0.1) is 0 Å². The minimum Gasteiger partial charge on any atom is -0.115 e. The van der Waals surface area contributed by atoms with Gasteiger partial charge in [0.1, 0.15) is 0 Å². The van der Waals surface area contributed by atoms with E-state index in [0.717, 1.165) is 6.42 Å². The smallest absolute Gasteiger partial charge is 0.00241 e. The summed E-state index contributed by atoms with van der Waals surface area (Å²) in [6.45, 7) is 16.8. The van der Waals surface area contributed by atoms with Gasteiger partial charge in [-0.05, 0) is 82.3 Å². The second-order valence-electron chi connectivity index (χ2n) is 9.06. The number of allylic oxidation sites excluding steroid dienone is 8. The lowest BCUT2D eigenvalue weighted by Crippen LogP contribution is -1.85. The van der Waals surface area contributed by atoms with Crippen molar-refractivity contribution in [2.75, 3.05) is 0 Å². The van der Waals surface area contributed by atoms with Gasteiger partial charge in [-0.1, -0.05) is 162 Å². The Hall–Kier alpha value is -4.60. The van der Waals surface area contributed by atoms with Crippen LogP contribution < -0.4 is 0 Å². The summed E-state index contributed by atoms with van der Waals surface area (Å²) in [4.78, 5) is 0. The highest BCUT2D eigenvalue weighted by molar-refractivity contribution is 6.23. The van der Waals surface area contributed by atoms with Crippen LogP contribution in [0.25, 0.3) is 37.9 Å². The summed E-state index contributed by atoms with van der Waals surface area (Å²) >= 11 is 0. The standard InChI is InChI=1S/C17H12.C14H14.C4H4.C3H6.C2H6.2CH4/c1-11-5-6-14-8-7-12-3-2-4-13-9-10-15(11)17(14)16(12)13;1-12-6-5-9-14(11-10-12)13-7-3-2-4-8-13;1-3-4-2;1-3-2;1-2;;/h2-10H,1H3;2-4,6-11H,5H2,1H3;1,4H,2H2;3H,1H2,2H3;1-2H3;2*1H4. The molecule has 0 saturated heterocycles. The van der Waals surface area contributed by atoms with Gasteiger partial charge < -0.3 is 0 Å². The van der Waals surface area contributed by atoms with Crippen molar-refractivity contribution in [2.24, 2.45) is 0 Å². The van der Waals surface area contributed by atoms with Gasteiger partial charge in [0, 0.05) is 0 Å². The molecule has 0 radical (unpaired) electrons. The Balaban J connectivity index is 0.000000611. The Morgan fingerprint density at radius 3 is 1.79 bits per heavy atom. The largest absolute Gasteiger partial charge is 0.115 e. The van der Waals surface area contributed by atoms with Crippen molar-refractivity contribution in [2.45, 2.75) is 55.9 Å². The van der Waals surface area contributed by atoms with Gasteiger partial charge in [-0.3, -0.25) is 0 Å². The zero-order valence-corrected chi connectivity index (χ0v) is 24.7. The van der Waals surface area contributed by atoms with Gasteiger partial charge in [0.15, 0.2) is 0 Å². The summed E-state index contributed by atoms with van der Waals surface area (Å²) in [7, 11) is 0. The van der Waals surface area contributed by atoms with Crippen LogP contribution in [0.2, 0.25) is 0 Å². The van der Waals surface area contributed by atoms with Crippen LogP contribution in [0.1, 0.15) is 60.1 Å². The van der Waals surface area contributed by atoms with Crippen LogP contribution in [0.5, 0.6) is 0 Å². The first-order chi connectivity index (χ1) is 19.5. The van der Waals surface area contributed by atoms with Crippen LogP contribution in [-0.2, 0) is 0 Å². The van der Waals surface area contributed by atoms with E-state index in [0.29, 0.717) is 0 Å². The van der Waals surface area contributed by atoms with Gasteiger partial charge in [0.2, 0.25) is 0 Å². The van der Waals surface area contributed by atoms with Crippen molar-refractivity contribution >= 4 is 37.9 Å². The van der Waals surface area contributed by atoms with Gasteiger partial charge in [-0.25, -0.2) is 0 Å². The third kappa shape index (κ3) is 10.1. The van der Waals surface area contributed by atoms with E-state index >= 15 is 0 Å². The molecule has 0 saturated carbocycles. The van der Waals surface area contributed by atoms with Gasteiger partial charge >= 0.3 is 0 Å². The van der Waals surface area contributed by atoms with E-state index < -0.39 is 0 Å². The molecule has 0 atom stereocenters. The molecular formula is C42H50. The number of benzene rings is 5. The Kier molecular flexibility index (Phi) is 18.1. The molecule has 0 heterocycles. The first kappa shape index (κ1) is 37.4. The van der Waals surface area contributed by atoms with E-state index in [1.807, 2.05) is 26.8 Å². The molecule has 218 valence electrons. The number of terminal acetylenes is 1. The highest BCUT2D eigenvalue weighted by Gasteiger charge is 2.08. The monoisotopic (exact) mass is 554 g/mol. The van der Waals surface area contributed by atoms with Gasteiger partial charge in [-0.15, -0.1) is 13.0 Å². The van der Waals surface area contributed by atoms with Crippen LogP contribution in [0.4, 0.5) is 0 Å². The van der Waals surface area contributed by atoms with Crippen molar-refractivity contribution in [3.63, 3.8) is 0 Å². The molecule has 0 nitrogen and oxygen atoms in total. The van der Waals surface area contributed by atoms with Crippen LogP contribution >= 0.6 is 0 Å². The van der Waals surface area contributed by atoms with Crippen LogP contribution in [0.3, 0.4) is 0 Å². The SMILES string of the molecule is C.C.C#CC=C.C=CC.CC.CC1=CCC=C(c2ccccc2)C=C1.Cc1ccc2ccc3cccc4ccc1c2c34. The molecule has 5 aromatic rings. The van der Waals surface area contributed by atoms with Gasteiger partial charge in [-0.2, -0.15) is 0 Å². The summed E-state index contributed by atoms with van der Waals surface area (Å²) < 4.78 is 0. The van der Waals surface area contributed by atoms with Crippen LogP contribution in [0.15, 0.2) is 140 Å². The first-order valence-electron chi connectivity index (χ1n) is 13.9. The maximum absolute atomic E-state index is 4.66. The molecule has 0 unspecified atom stereocenters. The predicted molar refractivity (Wildman–Crippen MR) is 197 cm³/mol. The Morgan fingerprint density at radius 1 is 0.690 bits per heavy atom. The minimum atomic E-state index is 0. The molecule has 0 fully saturated rings. The summed E-state index contributed by atoms with van der Waals surface area (Å²) in [5.41, 5.74) is 5.31.